The van der Waals surface area contributed by atoms with Crippen LogP contribution < -0.4 is 4.90 Å². The van der Waals surface area contributed by atoms with Crippen LogP contribution in [0.5, 0.6) is 0 Å². The number of likely N-dealkylation sites (N-methyl/N-ethyl adjacent to an activating group) is 1. The summed E-state index contributed by atoms with van der Waals surface area (Å²) in [4.78, 5) is 21.0. The Labute approximate surface area is 139 Å². The van der Waals surface area contributed by atoms with E-state index in [4.69, 9.17) is 4.74 Å². The van der Waals surface area contributed by atoms with Gasteiger partial charge in [-0.2, -0.15) is 5.10 Å². The minimum atomic E-state index is -0.0279. The maximum absolute atomic E-state index is 12.7. The first kappa shape index (κ1) is 16.1. The molecule has 0 spiro atoms. The lowest BCUT2D eigenvalue weighted by Gasteiger charge is -2.33. The molecule has 0 aliphatic carbocycles. The molecule has 1 aliphatic heterocycles. The topological polar surface area (TPSA) is 63.5 Å². The Balaban J connectivity index is 1.71. The normalized spacial score (nSPS) is 19.0. The highest BCUT2D eigenvalue weighted by atomic mass is 32.1. The van der Waals surface area contributed by atoms with Crippen molar-refractivity contribution in [1.82, 2.24) is 19.7 Å². The molecule has 0 radical (unpaired) electrons. The number of rotatable bonds is 5. The number of nitrogens with zero attached hydrogens (tertiary/aromatic N) is 5. The van der Waals surface area contributed by atoms with E-state index in [0.717, 1.165) is 18.7 Å². The SMILES string of the molecule is Cc1cnn(CC(=O)N(C[C@H]2CN(C)CCO2)c2nccs2)c1. The van der Waals surface area contributed by atoms with E-state index in [1.165, 1.54) is 11.3 Å². The molecule has 23 heavy (non-hydrogen) atoms. The molecule has 1 aliphatic rings. The molecule has 2 aromatic rings. The van der Waals surface area contributed by atoms with Gasteiger partial charge < -0.3 is 9.64 Å². The highest BCUT2D eigenvalue weighted by molar-refractivity contribution is 7.13. The molecule has 1 fully saturated rings. The summed E-state index contributed by atoms with van der Waals surface area (Å²) in [6, 6.07) is 0. The predicted octanol–water partition coefficient (Wildman–Crippen LogP) is 1.01. The van der Waals surface area contributed by atoms with Gasteiger partial charge in [0.25, 0.3) is 5.91 Å². The average molecular weight is 335 g/mol. The number of hydrogen-bond acceptors (Lipinski definition) is 6. The van der Waals surface area contributed by atoms with E-state index >= 15 is 0 Å². The van der Waals surface area contributed by atoms with Crippen molar-refractivity contribution >= 4 is 22.4 Å². The average Bonchev–Trinajstić information content (AvgIpc) is 3.17. The van der Waals surface area contributed by atoms with Gasteiger partial charge in [-0.05, 0) is 19.5 Å². The van der Waals surface area contributed by atoms with Crippen LogP contribution in [0.15, 0.2) is 24.0 Å². The molecule has 3 heterocycles. The largest absolute Gasteiger partial charge is 0.374 e. The highest BCUT2D eigenvalue weighted by Gasteiger charge is 2.26. The number of aromatic nitrogens is 3. The van der Waals surface area contributed by atoms with Crippen LogP contribution >= 0.6 is 11.3 Å². The van der Waals surface area contributed by atoms with E-state index in [-0.39, 0.29) is 18.6 Å². The molecule has 3 rings (SSSR count). The zero-order valence-corrected chi connectivity index (χ0v) is 14.2. The molecule has 0 bridgehead atoms. The molecule has 0 N–H and O–H groups in total. The number of ether oxygens (including phenoxy) is 1. The number of carbonyl (C=O) groups is 1. The number of anilines is 1. The summed E-state index contributed by atoms with van der Waals surface area (Å²) < 4.78 is 7.46. The number of morpholine rings is 1. The van der Waals surface area contributed by atoms with Gasteiger partial charge in [-0.15, -0.1) is 11.3 Å². The van der Waals surface area contributed by atoms with Crippen LogP contribution in [0.2, 0.25) is 0 Å². The van der Waals surface area contributed by atoms with Crippen LogP contribution in [0.25, 0.3) is 0 Å². The van der Waals surface area contributed by atoms with Crippen molar-refractivity contribution in [3.8, 4) is 0 Å². The van der Waals surface area contributed by atoms with Gasteiger partial charge >= 0.3 is 0 Å². The van der Waals surface area contributed by atoms with Crippen molar-refractivity contribution in [3.05, 3.63) is 29.5 Å². The zero-order valence-electron chi connectivity index (χ0n) is 13.4. The Bertz CT molecular complexity index is 642. The summed E-state index contributed by atoms with van der Waals surface area (Å²) in [5.41, 5.74) is 1.04. The summed E-state index contributed by atoms with van der Waals surface area (Å²) >= 11 is 1.46. The van der Waals surface area contributed by atoms with Crippen molar-refractivity contribution in [2.24, 2.45) is 0 Å². The van der Waals surface area contributed by atoms with Crippen molar-refractivity contribution in [2.75, 3.05) is 38.2 Å². The van der Waals surface area contributed by atoms with Gasteiger partial charge in [0, 0.05) is 30.9 Å². The summed E-state index contributed by atoms with van der Waals surface area (Å²) in [5.74, 6) is -0.0279. The minimum absolute atomic E-state index is 0.000887. The maximum atomic E-state index is 12.7. The summed E-state index contributed by atoms with van der Waals surface area (Å²) in [6.45, 7) is 5.11. The molecule has 7 nitrogen and oxygen atoms in total. The highest BCUT2D eigenvalue weighted by Crippen LogP contribution is 2.19. The van der Waals surface area contributed by atoms with Crippen molar-refractivity contribution in [1.29, 1.82) is 0 Å². The third kappa shape index (κ3) is 4.15. The van der Waals surface area contributed by atoms with Gasteiger partial charge in [-0.3, -0.25) is 14.4 Å². The van der Waals surface area contributed by atoms with Crippen LogP contribution in [0.1, 0.15) is 5.56 Å². The monoisotopic (exact) mass is 335 g/mol. The minimum Gasteiger partial charge on any atom is -0.374 e. The zero-order chi connectivity index (χ0) is 16.2. The molecule has 8 heteroatoms. The molecular weight excluding hydrogens is 314 g/mol. The fourth-order valence-corrected chi connectivity index (χ4v) is 3.26. The number of carbonyl (C=O) groups excluding carboxylic acids is 1. The molecule has 2 aromatic heterocycles. The molecule has 0 unspecified atom stereocenters. The Kier molecular flexibility index (Phi) is 5.04. The Hall–Kier alpha value is -1.77. The first-order chi connectivity index (χ1) is 11.1. The van der Waals surface area contributed by atoms with Crippen LogP contribution in [-0.2, 0) is 16.1 Å². The van der Waals surface area contributed by atoms with Gasteiger partial charge in [0.05, 0.1) is 25.5 Å². The fraction of sp³-hybridized carbons (Fsp3) is 0.533. The van der Waals surface area contributed by atoms with Gasteiger partial charge in [0.15, 0.2) is 5.13 Å². The van der Waals surface area contributed by atoms with Crippen LogP contribution in [0, 0.1) is 6.92 Å². The summed E-state index contributed by atoms with van der Waals surface area (Å²) in [6.07, 6.45) is 5.33. The second kappa shape index (κ2) is 7.20. The van der Waals surface area contributed by atoms with Gasteiger partial charge in [0.2, 0.25) is 0 Å². The maximum Gasteiger partial charge on any atom is 0.250 e. The Morgan fingerprint density at radius 3 is 3.09 bits per heavy atom. The lowest BCUT2D eigenvalue weighted by Crippen LogP contribution is -2.48. The molecule has 1 saturated heterocycles. The molecule has 0 aromatic carbocycles. The number of hydrogen-bond donors (Lipinski definition) is 0. The molecule has 1 amide bonds. The van der Waals surface area contributed by atoms with Gasteiger partial charge in [-0.1, -0.05) is 0 Å². The number of thiazole rings is 1. The van der Waals surface area contributed by atoms with E-state index in [9.17, 15) is 4.79 Å². The van der Waals surface area contributed by atoms with E-state index < -0.39 is 0 Å². The van der Waals surface area contributed by atoms with Gasteiger partial charge in [-0.25, -0.2) is 4.98 Å². The lowest BCUT2D eigenvalue weighted by atomic mass is 10.2. The second-order valence-electron chi connectivity index (χ2n) is 5.79. The Morgan fingerprint density at radius 1 is 1.57 bits per heavy atom. The van der Waals surface area contributed by atoms with E-state index in [2.05, 4.69) is 22.0 Å². The van der Waals surface area contributed by atoms with E-state index in [0.29, 0.717) is 18.3 Å². The number of aryl methyl sites for hydroxylation is 1. The van der Waals surface area contributed by atoms with E-state index in [1.807, 2.05) is 18.5 Å². The quantitative estimate of drug-likeness (QED) is 0.816. The van der Waals surface area contributed by atoms with Gasteiger partial charge in [0.1, 0.15) is 6.54 Å². The molecule has 0 saturated carbocycles. The molecule has 124 valence electrons. The van der Waals surface area contributed by atoms with Crippen LogP contribution in [0.3, 0.4) is 0 Å². The molecule has 1 atom stereocenters. The first-order valence-electron chi connectivity index (χ1n) is 7.61. The third-order valence-electron chi connectivity index (χ3n) is 3.74. The molecular formula is C15H21N5O2S. The smallest absolute Gasteiger partial charge is 0.250 e. The predicted molar refractivity (Wildman–Crippen MR) is 88.7 cm³/mol. The van der Waals surface area contributed by atoms with Crippen LogP contribution in [-0.4, -0.2) is 65.0 Å². The Morgan fingerprint density at radius 2 is 2.43 bits per heavy atom. The lowest BCUT2D eigenvalue weighted by molar-refractivity contribution is -0.120. The second-order valence-corrected chi connectivity index (χ2v) is 6.66. The summed E-state index contributed by atoms with van der Waals surface area (Å²) in [7, 11) is 2.07. The first-order valence-corrected chi connectivity index (χ1v) is 8.49. The van der Waals surface area contributed by atoms with E-state index in [1.54, 1.807) is 22.0 Å². The standard InChI is InChI=1S/C15H21N5O2S/c1-12-7-17-19(8-12)11-14(21)20(15-16-3-6-23-15)10-13-9-18(2)4-5-22-13/h3,6-8,13H,4-5,9-11H2,1-2H3/t13-/m1/s1. The fourth-order valence-electron chi connectivity index (χ4n) is 2.59. The van der Waals surface area contributed by atoms with Crippen molar-refractivity contribution in [2.45, 2.75) is 19.6 Å². The third-order valence-corrected chi connectivity index (χ3v) is 4.53. The number of amides is 1. The van der Waals surface area contributed by atoms with Crippen LogP contribution in [0.4, 0.5) is 5.13 Å². The summed E-state index contributed by atoms with van der Waals surface area (Å²) in [5, 5.41) is 6.77. The van der Waals surface area contributed by atoms with Crippen molar-refractivity contribution in [3.63, 3.8) is 0 Å². The van der Waals surface area contributed by atoms with Crippen molar-refractivity contribution < 1.29 is 9.53 Å².